The smallest absolute Gasteiger partial charge is 0.726 e. The second-order valence-electron chi connectivity index (χ2n) is 0.774. The molecule has 0 aliphatic rings. The Labute approximate surface area is 69.6 Å². The Morgan fingerprint density at radius 2 is 1.20 bits per heavy atom. The van der Waals surface area contributed by atoms with E-state index in [9.17, 15) is 0 Å². The fraction of sp³-hybridized carbons (Fsp3) is 0. The van der Waals surface area contributed by atoms with Gasteiger partial charge in [0.2, 0.25) is 10.4 Å². The molecule has 4 N–H and O–H groups in total. The van der Waals surface area contributed by atoms with E-state index in [1.807, 2.05) is 0 Å². The van der Waals surface area contributed by atoms with Crippen molar-refractivity contribution in [3.63, 3.8) is 0 Å². The van der Waals surface area contributed by atoms with Gasteiger partial charge in [0.25, 0.3) is 0 Å². The zero-order valence-electron chi connectivity index (χ0n) is 5.00. The van der Waals surface area contributed by atoms with E-state index < -0.39 is 17.7 Å². The van der Waals surface area contributed by atoms with E-state index in [0.29, 0.717) is 0 Å². The zero-order chi connectivity index (χ0) is 8.08. The maximum atomic E-state index is 8.63. The third-order valence-electron chi connectivity index (χ3n) is 0. The van der Waals surface area contributed by atoms with Gasteiger partial charge < -0.3 is 19.6 Å². The predicted molar refractivity (Wildman–Crippen MR) is 24.7 cm³/mol. The Bertz CT molecular complexity index is 125. The van der Waals surface area contributed by atoms with Gasteiger partial charge in [0.1, 0.15) is 0 Å². The fourth-order valence-corrected chi connectivity index (χ4v) is 0. The van der Waals surface area contributed by atoms with Crippen molar-refractivity contribution < 1.29 is 51.5 Å². The van der Waals surface area contributed by atoms with Crippen LogP contribution in [0.1, 0.15) is 0 Å². The standard InChI is InChI=1S/BH3O3.Li.H2O4S/c2-1(3)4;;1-5(2,3)4/h2-4H;;(H2,1,2,3,4)/q;+1;/p-1. The molecule has 0 aromatic carbocycles. The van der Waals surface area contributed by atoms with Crippen LogP contribution in [0.15, 0.2) is 0 Å². The van der Waals surface area contributed by atoms with Crippen molar-refractivity contribution >= 4 is 17.7 Å². The molecular formula is H4BLiO7S. The summed E-state index contributed by atoms with van der Waals surface area (Å²) in [4.78, 5) is 0. The van der Waals surface area contributed by atoms with E-state index in [2.05, 4.69) is 0 Å². The second-order valence-corrected chi connectivity index (χ2v) is 1.63. The van der Waals surface area contributed by atoms with Gasteiger partial charge >= 0.3 is 26.2 Å². The van der Waals surface area contributed by atoms with E-state index in [1.54, 1.807) is 0 Å². The molecule has 0 saturated carbocycles. The predicted octanol–water partition coefficient (Wildman–Crippen LogP) is -6.04. The summed E-state index contributed by atoms with van der Waals surface area (Å²) < 4.78 is 32.8. The van der Waals surface area contributed by atoms with Crippen molar-refractivity contribution in [1.29, 1.82) is 0 Å². The summed E-state index contributed by atoms with van der Waals surface area (Å²) in [5.41, 5.74) is 0. The van der Waals surface area contributed by atoms with E-state index in [-0.39, 0.29) is 18.9 Å². The molecule has 10 heavy (non-hydrogen) atoms. The van der Waals surface area contributed by atoms with Crippen molar-refractivity contribution in [3.8, 4) is 0 Å². The molecule has 0 bridgehead atoms. The molecule has 0 aliphatic heterocycles. The molecule has 56 valence electrons. The third-order valence-corrected chi connectivity index (χ3v) is 0. The van der Waals surface area contributed by atoms with Gasteiger partial charge in [-0.05, 0) is 0 Å². The molecule has 0 rings (SSSR count). The summed E-state index contributed by atoms with van der Waals surface area (Å²) in [5, 5.41) is 21.5. The molecule has 0 saturated heterocycles. The van der Waals surface area contributed by atoms with Crippen LogP contribution in [0.3, 0.4) is 0 Å². The van der Waals surface area contributed by atoms with E-state index in [0.717, 1.165) is 0 Å². The molecule has 0 fully saturated rings. The summed E-state index contributed by atoms with van der Waals surface area (Å²) in [5.74, 6) is 0. The van der Waals surface area contributed by atoms with Gasteiger partial charge in [0.15, 0.2) is 0 Å². The largest absolute Gasteiger partial charge is 1.00 e. The molecule has 0 aliphatic carbocycles. The Balaban J connectivity index is -0.0000000910. The van der Waals surface area contributed by atoms with Gasteiger partial charge in [0.05, 0.1) is 0 Å². The number of hydrogen-bond donors (Lipinski definition) is 4. The molecule has 0 heterocycles. The third kappa shape index (κ3) is 2720. The van der Waals surface area contributed by atoms with Crippen LogP contribution in [-0.4, -0.2) is 39.9 Å². The molecule has 0 amide bonds. The van der Waals surface area contributed by atoms with Crippen molar-refractivity contribution in [1.82, 2.24) is 0 Å². The minimum absolute atomic E-state index is 0. The fourth-order valence-electron chi connectivity index (χ4n) is 0. The van der Waals surface area contributed by atoms with Crippen LogP contribution in [0.5, 0.6) is 0 Å². The first-order valence-electron chi connectivity index (χ1n) is 1.46. The summed E-state index contributed by atoms with van der Waals surface area (Å²) in [6, 6.07) is 0. The van der Waals surface area contributed by atoms with Crippen LogP contribution in [0, 0.1) is 0 Å². The molecule has 0 unspecified atom stereocenters. The second kappa shape index (κ2) is 7.52. The first kappa shape index (κ1) is 16.8. The molecule has 0 aromatic heterocycles. The van der Waals surface area contributed by atoms with Crippen molar-refractivity contribution in [2.45, 2.75) is 0 Å². The summed E-state index contributed by atoms with van der Waals surface area (Å²) >= 11 is 0. The Morgan fingerprint density at radius 3 is 1.20 bits per heavy atom. The van der Waals surface area contributed by atoms with Crippen LogP contribution in [0.25, 0.3) is 0 Å². The van der Waals surface area contributed by atoms with Crippen LogP contribution >= 0.6 is 0 Å². The monoisotopic (exact) mass is 166 g/mol. The maximum absolute atomic E-state index is 8.63. The molecule has 0 spiro atoms. The van der Waals surface area contributed by atoms with Crippen molar-refractivity contribution in [2.75, 3.05) is 0 Å². The van der Waals surface area contributed by atoms with E-state index in [1.165, 1.54) is 0 Å². The average Bonchev–Trinajstić information content (AvgIpc) is 1.19. The molecule has 0 radical (unpaired) electrons. The van der Waals surface area contributed by atoms with Gasteiger partial charge in [-0.1, -0.05) is 0 Å². The van der Waals surface area contributed by atoms with Crippen molar-refractivity contribution in [3.05, 3.63) is 0 Å². The van der Waals surface area contributed by atoms with Gasteiger partial charge in [-0.15, -0.1) is 0 Å². The molecule has 0 atom stereocenters. The molecule has 7 nitrogen and oxygen atoms in total. The average molecular weight is 166 g/mol. The van der Waals surface area contributed by atoms with Gasteiger partial charge in [-0.2, -0.15) is 0 Å². The van der Waals surface area contributed by atoms with Gasteiger partial charge in [-0.3, -0.25) is 4.55 Å². The Morgan fingerprint density at radius 1 is 1.20 bits per heavy atom. The maximum Gasteiger partial charge on any atom is 1.00 e. The Hall–Kier alpha value is 0.412. The summed E-state index contributed by atoms with van der Waals surface area (Å²) in [7, 11) is -7.08. The quantitative estimate of drug-likeness (QED) is 0.159. The van der Waals surface area contributed by atoms with Crippen LogP contribution in [-0.2, 0) is 10.4 Å². The SMILES string of the molecule is O=S(=O)([O-])O.OB(O)O.[Li+]. The van der Waals surface area contributed by atoms with Crippen LogP contribution in [0.4, 0.5) is 0 Å². The normalized spacial score (nSPS) is 8.50. The van der Waals surface area contributed by atoms with Gasteiger partial charge in [-0.25, -0.2) is 8.42 Å². The first-order chi connectivity index (χ1) is 3.73. The summed E-state index contributed by atoms with van der Waals surface area (Å²) in [6.07, 6.45) is 0. The Kier molecular flexibility index (Phi) is 12.6. The molecule has 10 heteroatoms. The van der Waals surface area contributed by atoms with Crippen LogP contribution < -0.4 is 18.9 Å². The summed E-state index contributed by atoms with van der Waals surface area (Å²) in [6.45, 7) is 0. The zero-order valence-corrected chi connectivity index (χ0v) is 5.82. The van der Waals surface area contributed by atoms with E-state index in [4.69, 9.17) is 32.6 Å². The topological polar surface area (TPSA) is 138 Å². The molecular weight excluding hydrogens is 162 g/mol. The van der Waals surface area contributed by atoms with Crippen molar-refractivity contribution in [2.24, 2.45) is 0 Å². The van der Waals surface area contributed by atoms with Crippen LogP contribution in [0.2, 0.25) is 0 Å². The van der Waals surface area contributed by atoms with Gasteiger partial charge in [0, 0.05) is 0 Å². The van der Waals surface area contributed by atoms with E-state index >= 15 is 0 Å². The first-order valence-corrected chi connectivity index (χ1v) is 2.82. The number of rotatable bonds is 0. The number of hydrogen-bond acceptors (Lipinski definition) is 6. The minimum atomic E-state index is -4.92. The minimum Gasteiger partial charge on any atom is -0.726 e. The molecule has 0 aromatic rings.